The van der Waals surface area contributed by atoms with E-state index in [1.165, 1.54) is 0 Å². The fourth-order valence-electron chi connectivity index (χ4n) is 2.48. The fourth-order valence-corrected chi connectivity index (χ4v) is 3.26. The molecule has 0 saturated heterocycles. The molecule has 0 radical (unpaired) electrons. The summed E-state index contributed by atoms with van der Waals surface area (Å²) in [5, 5.41) is 0.428. The Kier molecular flexibility index (Phi) is 4.45. The number of pyridine rings is 1. The number of hydrogen-bond donors (Lipinski definition) is 1. The van der Waals surface area contributed by atoms with E-state index in [0.717, 1.165) is 18.2 Å². The van der Waals surface area contributed by atoms with Crippen molar-refractivity contribution in [3.63, 3.8) is 0 Å². The van der Waals surface area contributed by atoms with Gasteiger partial charge in [-0.25, -0.2) is 4.98 Å². The van der Waals surface area contributed by atoms with Gasteiger partial charge in [-0.3, -0.25) is 4.18 Å². The van der Waals surface area contributed by atoms with Gasteiger partial charge in [-0.15, -0.1) is 0 Å². The Labute approximate surface area is 118 Å². The summed E-state index contributed by atoms with van der Waals surface area (Å²) in [6.45, 7) is 0. The van der Waals surface area contributed by atoms with Crippen LogP contribution in [0.4, 0.5) is 0 Å². The zero-order valence-electron chi connectivity index (χ0n) is 10.6. The third-order valence-corrected chi connectivity index (χ3v) is 4.19. The first kappa shape index (κ1) is 14.7. The van der Waals surface area contributed by atoms with Gasteiger partial charge < -0.3 is 5.73 Å². The third-order valence-electron chi connectivity index (χ3n) is 3.34. The van der Waals surface area contributed by atoms with Crippen LogP contribution < -0.4 is 5.73 Å². The van der Waals surface area contributed by atoms with Gasteiger partial charge in [-0.1, -0.05) is 17.7 Å². The van der Waals surface area contributed by atoms with Gasteiger partial charge in [0.15, 0.2) is 0 Å². The standard InChI is InChI=1S/C12H17ClN2O3S/c1-19(16,17)18-9-3-4-11(14)10(6-9)8-2-5-12(13)15-7-8/h2,5,7,9-11H,3-4,6,14H2,1H3/t9-,10+,11-/m0/s1. The van der Waals surface area contributed by atoms with Crippen LogP contribution in [-0.4, -0.2) is 31.8 Å². The van der Waals surface area contributed by atoms with E-state index in [0.29, 0.717) is 18.0 Å². The molecule has 1 aliphatic rings. The molecule has 1 aromatic rings. The highest BCUT2D eigenvalue weighted by molar-refractivity contribution is 7.86. The molecule has 0 aromatic carbocycles. The van der Waals surface area contributed by atoms with E-state index in [1.807, 2.05) is 6.07 Å². The van der Waals surface area contributed by atoms with Crippen molar-refractivity contribution in [2.75, 3.05) is 6.26 Å². The van der Waals surface area contributed by atoms with Crippen LogP contribution in [0, 0.1) is 0 Å². The maximum absolute atomic E-state index is 11.2. The Bertz CT molecular complexity index is 532. The quantitative estimate of drug-likeness (QED) is 0.678. The molecule has 3 atom stereocenters. The molecule has 5 nitrogen and oxygen atoms in total. The minimum absolute atomic E-state index is 0.0117. The van der Waals surface area contributed by atoms with Crippen molar-refractivity contribution < 1.29 is 12.6 Å². The highest BCUT2D eigenvalue weighted by Crippen LogP contribution is 2.34. The van der Waals surface area contributed by atoms with E-state index in [4.69, 9.17) is 21.5 Å². The molecule has 2 N–H and O–H groups in total. The molecule has 2 rings (SSSR count). The van der Waals surface area contributed by atoms with Crippen LogP contribution >= 0.6 is 11.6 Å². The Morgan fingerprint density at radius 3 is 2.74 bits per heavy atom. The first-order chi connectivity index (χ1) is 8.85. The highest BCUT2D eigenvalue weighted by Gasteiger charge is 2.31. The first-order valence-corrected chi connectivity index (χ1v) is 8.30. The van der Waals surface area contributed by atoms with Crippen molar-refractivity contribution in [3.8, 4) is 0 Å². The number of halogens is 1. The van der Waals surface area contributed by atoms with Gasteiger partial charge >= 0.3 is 0 Å². The van der Waals surface area contributed by atoms with Gasteiger partial charge in [0.25, 0.3) is 10.1 Å². The average molecular weight is 305 g/mol. The molecule has 1 aromatic heterocycles. The summed E-state index contributed by atoms with van der Waals surface area (Å²) in [7, 11) is -3.43. The lowest BCUT2D eigenvalue weighted by Crippen LogP contribution is -2.38. The van der Waals surface area contributed by atoms with E-state index in [-0.39, 0.29) is 18.1 Å². The molecule has 1 saturated carbocycles. The topological polar surface area (TPSA) is 82.3 Å². The monoisotopic (exact) mass is 304 g/mol. The second-order valence-electron chi connectivity index (χ2n) is 4.92. The normalized spacial score (nSPS) is 28.3. The predicted molar refractivity (Wildman–Crippen MR) is 73.5 cm³/mol. The molecule has 19 heavy (non-hydrogen) atoms. The van der Waals surface area contributed by atoms with Gasteiger partial charge in [0, 0.05) is 18.2 Å². The van der Waals surface area contributed by atoms with Crippen LogP contribution in [-0.2, 0) is 14.3 Å². The minimum Gasteiger partial charge on any atom is -0.327 e. The van der Waals surface area contributed by atoms with Gasteiger partial charge in [-0.2, -0.15) is 8.42 Å². The number of hydrogen-bond acceptors (Lipinski definition) is 5. The highest BCUT2D eigenvalue weighted by atomic mass is 35.5. The number of nitrogens with two attached hydrogens (primary N) is 1. The minimum atomic E-state index is -3.43. The lowest BCUT2D eigenvalue weighted by atomic mass is 9.80. The molecule has 7 heteroatoms. The molecular weight excluding hydrogens is 288 g/mol. The molecule has 0 bridgehead atoms. The third kappa shape index (κ3) is 4.14. The lowest BCUT2D eigenvalue weighted by molar-refractivity contribution is 0.142. The second kappa shape index (κ2) is 5.75. The van der Waals surface area contributed by atoms with Crippen molar-refractivity contribution in [2.24, 2.45) is 5.73 Å². The Morgan fingerprint density at radius 1 is 1.42 bits per heavy atom. The van der Waals surface area contributed by atoms with E-state index in [9.17, 15) is 8.42 Å². The number of nitrogens with zero attached hydrogens (tertiary/aromatic N) is 1. The van der Waals surface area contributed by atoms with E-state index in [2.05, 4.69) is 4.98 Å². The summed E-state index contributed by atoms with van der Waals surface area (Å²) < 4.78 is 27.4. The van der Waals surface area contributed by atoms with Crippen molar-refractivity contribution >= 4 is 21.7 Å². The molecule has 106 valence electrons. The summed E-state index contributed by atoms with van der Waals surface area (Å²) in [5.41, 5.74) is 7.08. The zero-order chi connectivity index (χ0) is 14.0. The lowest BCUT2D eigenvalue weighted by Gasteiger charge is -2.33. The summed E-state index contributed by atoms with van der Waals surface area (Å²) in [4.78, 5) is 4.04. The van der Waals surface area contributed by atoms with Crippen molar-refractivity contribution in [3.05, 3.63) is 29.0 Å². The molecule has 1 heterocycles. The average Bonchev–Trinajstić information content (AvgIpc) is 2.31. The van der Waals surface area contributed by atoms with Crippen molar-refractivity contribution in [1.82, 2.24) is 4.98 Å². The molecule has 0 spiro atoms. The van der Waals surface area contributed by atoms with E-state index in [1.54, 1.807) is 12.3 Å². The molecule has 0 amide bonds. The molecule has 1 aliphatic carbocycles. The molecule has 1 fully saturated rings. The Balaban J connectivity index is 2.12. The summed E-state index contributed by atoms with van der Waals surface area (Å²) in [6, 6.07) is 3.58. The Morgan fingerprint density at radius 2 is 2.16 bits per heavy atom. The predicted octanol–water partition coefficient (Wildman–Crippen LogP) is 1.67. The largest absolute Gasteiger partial charge is 0.327 e. The van der Waals surface area contributed by atoms with Gasteiger partial charge in [-0.05, 0) is 30.9 Å². The molecule has 0 aliphatic heterocycles. The van der Waals surface area contributed by atoms with E-state index >= 15 is 0 Å². The SMILES string of the molecule is CS(=O)(=O)O[C@H]1CC[C@H](N)[C@@H](c2ccc(Cl)nc2)C1. The van der Waals surface area contributed by atoms with Crippen LogP contribution in [0.3, 0.4) is 0 Å². The summed E-state index contributed by atoms with van der Waals surface area (Å²) >= 11 is 5.76. The van der Waals surface area contributed by atoms with Gasteiger partial charge in [0.05, 0.1) is 12.4 Å². The van der Waals surface area contributed by atoms with Crippen LogP contribution in [0.1, 0.15) is 30.7 Å². The van der Waals surface area contributed by atoms with Crippen molar-refractivity contribution in [1.29, 1.82) is 0 Å². The second-order valence-corrected chi connectivity index (χ2v) is 6.91. The maximum Gasteiger partial charge on any atom is 0.264 e. The van der Waals surface area contributed by atoms with Crippen LogP contribution in [0.2, 0.25) is 5.15 Å². The Hall–Kier alpha value is -0.690. The van der Waals surface area contributed by atoms with Crippen LogP contribution in [0.15, 0.2) is 18.3 Å². The van der Waals surface area contributed by atoms with Gasteiger partial charge in [0.2, 0.25) is 0 Å². The maximum atomic E-state index is 11.2. The van der Waals surface area contributed by atoms with Crippen LogP contribution in [0.25, 0.3) is 0 Å². The van der Waals surface area contributed by atoms with E-state index < -0.39 is 10.1 Å². The number of aromatic nitrogens is 1. The molecular formula is C12H17ClN2O3S. The smallest absolute Gasteiger partial charge is 0.264 e. The zero-order valence-corrected chi connectivity index (χ0v) is 12.2. The van der Waals surface area contributed by atoms with Crippen LogP contribution in [0.5, 0.6) is 0 Å². The summed E-state index contributed by atoms with van der Waals surface area (Å²) in [6.07, 6.45) is 4.42. The van der Waals surface area contributed by atoms with Crippen molar-refractivity contribution in [2.45, 2.75) is 37.3 Å². The fraction of sp³-hybridized carbons (Fsp3) is 0.583. The van der Waals surface area contributed by atoms with Gasteiger partial charge in [0.1, 0.15) is 5.15 Å². The number of rotatable bonds is 3. The molecule has 0 unspecified atom stereocenters. The summed E-state index contributed by atoms with van der Waals surface area (Å²) in [5.74, 6) is 0.0465. The first-order valence-electron chi connectivity index (χ1n) is 6.10.